The lowest BCUT2D eigenvalue weighted by molar-refractivity contribution is 0.0780. The molecule has 1 aromatic carbocycles. The largest absolute Gasteiger partial charge is 0.493 e. The molecular weight excluding hydrogens is 388 g/mol. The highest BCUT2D eigenvalue weighted by Gasteiger charge is 2.40. The minimum absolute atomic E-state index is 0.0369. The summed E-state index contributed by atoms with van der Waals surface area (Å²) in [6.45, 7) is 4.77. The summed E-state index contributed by atoms with van der Waals surface area (Å²) in [5.41, 5.74) is 1.90. The lowest BCUT2D eigenvalue weighted by Gasteiger charge is -2.39. The number of aromatic nitrogens is 3. The summed E-state index contributed by atoms with van der Waals surface area (Å²) in [5, 5.41) is 4.44. The Kier molecular flexibility index (Phi) is 5.81. The monoisotopic (exact) mass is 420 g/mol. The molecule has 0 saturated carbocycles. The van der Waals surface area contributed by atoms with Gasteiger partial charge in [-0.05, 0) is 81.7 Å². The van der Waals surface area contributed by atoms with Gasteiger partial charge in [0, 0.05) is 24.8 Å². The van der Waals surface area contributed by atoms with E-state index in [1.807, 2.05) is 18.2 Å². The zero-order valence-electron chi connectivity index (χ0n) is 18.3. The van der Waals surface area contributed by atoms with Gasteiger partial charge in [-0.1, -0.05) is 24.3 Å². The molecule has 6 heteroatoms. The number of hydrogen-bond acceptors (Lipinski definition) is 4. The van der Waals surface area contributed by atoms with Crippen LogP contribution in [-0.2, 0) is 6.54 Å². The highest BCUT2D eigenvalue weighted by atomic mass is 16.5. The number of benzene rings is 1. The van der Waals surface area contributed by atoms with Gasteiger partial charge in [-0.2, -0.15) is 0 Å². The third kappa shape index (κ3) is 4.26. The van der Waals surface area contributed by atoms with Crippen molar-refractivity contribution in [2.45, 2.75) is 64.1 Å². The van der Waals surface area contributed by atoms with E-state index in [-0.39, 0.29) is 5.69 Å². The van der Waals surface area contributed by atoms with Crippen LogP contribution >= 0.6 is 0 Å². The van der Waals surface area contributed by atoms with Crippen molar-refractivity contribution >= 4 is 5.65 Å². The molecular formula is C25H32N4O2. The number of unbranched alkanes of at least 4 members (excludes halogenated alkanes) is 1. The Morgan fingerprint density at radius 1 is 1.00 bits per heavy atom. The SMILES string of the molecule is Cc1ccccc1OCC1CC2CCC(C1)N2CCCCn1nc2ccccn2c1=O. The van der Waals surface area contributed by atoms with E-state index in [4.69, 9.17) is 4.74 Å². The molecule has 2 atom stereocenters. The molecule has 5 rings (SSSR count). The molecule has 2 aliphatic rings. The maximum Gasteiger partial charge on any atom is 0.350 e. The van der Waals surface area contributed by atoms with Gasteiger partial charge in [-0.25, -0.2) is 9.48 Å². The predicted molar refractivity (Wildman–Crippen MR) is 122 cm³/mol. The molecule has 0 radical (unpaired) electrons. The number of pyridine rings is 1. The summed E-state index contributed by atoms with van der Waals surface area (Å²) in [5.74, 6) is 1.68. The minimum atomic E-state index is -0.0369. The van der Waals surface area contributed by atoms with Gasteiger partial charge in [0.05, 0.1) is 6.61 Å². The molecule has 0 amide bonds. The van der Waals surface area contributed by atoms with Crippen molar-refractivity contribution in [2.24, 2.45) is 5.92 Å². The molecule has 2 unspecified atom stereocenters. The highest BCUT2D eigenvalue weighted by Crippen LogP contribution is 2.39. The van der Waals surface area contributed by atoms with Crippen molar-refractivity contribution < 1.29 is 4.74 Å². The first-order valence-corrected chi connectivity index (χ1v) is 11.7. The zero-order valence-corrected chi connectivity index (χ0v) is 18.3. The summed E-state index contributed by atoms with van der Waals surface area (Å²) in [4.78, 5) is 15.1. The maximum absolute atomic E-state index is 12.4. The summed E-state index contributed by atoms with van der Waals surface area (Å²) in [6.07, 6.45) is 9.00. The molecule has 31 heavy (non-hydrogen) atoms. The van der Waals surface area contributed by atoms with Gasteiger partial charge in [0.25, 0.3) is 0 Å². The Morgan fingerprint density at radius 2 is 1.74 bits per heavy atom. The summed E-state index contributed by atoms with van der Waals surface area (Å²) < 4.78 is 9.39. The molecule has 4 heterocycles. The molecule has 3 aromatic rings. The van der Waals surface area contributed by atoms with Crippen LogP contribution in [0.1, 0.15) is 44.1 Å². The van der Waals surface area contributed by atoms with Crippen molar-refractivity contribution in [3.8, 4) is 5.75 Å². The van der Waals surface area contributed by atoms with E-state index in [1.54, 1.807) is 15.3 Å². The Balaban J connectivity index is 1.10. The van der Waals surface area contributed by atoms with E-state index in [1.165, 1.54) is 31.2 Å². The van der Waals surface area contributed by atoms with Crippen molar-refractivity contribution in [2.75, 3.05) is 13.2 Å². The van der Waals surface area contributed by atoms with Gasteiger partial charge < -0.3 is 4.74 Å². The van der Waals surface area contributed by atoms with Crippen LogP contribution in [-0.4, -0.2) is 44.3 Å². The number of piperidine rings is 1. The van der Waals surface area contributed by atoms with Crippen LogP contribution in [0.15, 0.2) is 53.5 Å². The molecule has 0 N–H and O–H groups in total. The first kappa shape index (κ1) is 20.3. The highest BCUT2D eigenvalue weighted by molar-refractivity contribution is 5.35. The zero-order chi connectivity index (χ0) is 21.2. The first-order valence-electron chi connectivity index (χ1n) is 11.7. The summed E-state index contributed by atoms with van der Waals surface area (Å²) in [7, 11) is 0. The molecule has 0 spiro atoms. The minimum Gasteiger partial charge on any atom is -0.493 e. The van der Waals surface area contributed by atoms with Gasteiger partial charge >= 0.3 is 5.69 Å². The summed E-state index contributed by atoms with van der Waals surface area (Å²) >= 11 is 0. The van der Waals surface area contributed by atoms with E-state index in [0.717, 1.165) is 37.4 Å². The van der Waals surface area contributed by atoms with Crippen molar-refractivity contribution in [1.29, 1.82) is 0 Å². The lowest BCUT2D eigenvalue weighted by Crippen LogP contribution is -2.44. The standard InChI is InChI=1S/C25H32N4O2/c1-19-8-2-3-9-23(19)31-18-20-16-21-11-12-22(17-20)27(21)13-6-7-15-29-25(30)28-14-5-4-10-24(28)26-29/h2-5,8-10,14,20-22H,6-7,11-13,15-18H2,1H3. The first-order chi connectivity index (χ1) is 15.2. The van der Waals surface area contributed by atoms with Crippen molar-refractivity contribution in [3.05, 3.63) is 64.7 Å². The van der Waals surface area contributed by atoms with E-state index >= 15 is 0 Å². The number of nitrogens with zero attached hydrogens (tertiary/aromatic N) is 4. The number of ether oxygens (including phenoxy) is 1. The summed E-state index contributed by atoms with van der Waals surface area (Å²) in [6, 6.07) is 15.4. The molecule has 2 fully saturated rings. The van der Waals surface area contributed by atoms with Crippen LogP contribution in [0.4, 0.5) is 0 Å². The molecule has 0 aliphatic carbocycles. The van der Waals surface area contributed by atoms with Crippen molar-refractivity contribution in [1.82, 2.24) is 19.1 Å². The molecule has 2 aliphatic heterocycles. The fourth-order valence-corrected chi connectivity index (χ4v) is 5.48. The van der Waals surface area contributed by atoms with Crippen LogP contribution in [0.5, 0.6) is 5.75 Å². The smallest absolute Gasteiger partial charge is 0.350 e. The lowest BCUT2D eigenvalue weighted by atomic mass is 9.91. The fourth-order valence-electron chi connectivity index (χ4n) is 5.48. The fraction of sp³-hybridized carbons (Fsp3) is 0.520. The second-order valence-electron chi connectivity index (χ2n) is 9.18. The topological polar surface area (TPSA) is 51.8 Å². The van der Waals surface area contributed by atoms with Gasteiger partial charge in [0.1, 0.15) is 5.75 Å². The van der Waals surface area contributed by atoms with Crippen LogP contribution < -0.4 is 10.4 Å². The van der Waals surface area contributed by atoms with Crippen LogP contribution in [0.3, 0.4) is 0 Å². The van der Waals surface area contributed by atoms with E-state index in [0.29, 0.717) is 24.5 Å². The van der Waals surface area contributed by atoms with Gasteiger partial charge in [0.15, 0.2) is 5.65 Å². The maximum atomic E-state index is 12.4. The normalized spacial score (nSPS) is 23.5. The third-order valence-electron chi connectivity index (χ3n) is 7.07. The van der Waals surface area contributed by atoms with E-state index < -0.39 is 0 Å². The Labute approximate surface area is 183 Å². The Bertz CT molecular complexity index is 1070. The van der Waals surface area contributed by atoms with Gasteiger partial charge in [-0.3, -0.25) is 9.30 Å². The molecule has 164 valence electrons. The molecule has 2 saturated heterocycles. The Morgan fingerprint density at radius 3 is 2.52 bits per heavy atom. The number of rotatable bonds is 8. The van der Waals surface area contributed by atoms with Gasteiger partial charge in [-0.15, -0.1) is 5.10 Å². The number of hydrogen-bond donors (Lipinski definition) is 0. The van der Waals surface area contributed by atoms with Gasteiger partial charge in [0.2, 0.25) is 0 Å². The predicted octanol–water partition coefficient (Wildman–Crippen LogP) is 3.91. The van der Waals surface area contributed by atoms with Crippen LogP contribution in [0, 0.1) is 12.8 Å². The second kappa shape index (κ2) is 8.87. The van der Waals surface area contributed by atoms with E-state index in [9.17, 15) is 4.79 Å². The number of aryl methyl sites for hydroxylation is 2. The quantitative estimate of drug-likeness (QED) is 0.519. The average molecular weight is 421 g/mol. The number of para-hydroxylation sites is 1. The number of fused-ring (bicyclic) bond motifs is 3. The van der Waals surface area contributed by atoms with Crippen LogP contribution in [0.25, 0.3) is 5.65 Å². The third-order valence-corrected chi connectivity index (χ3v) is 7.07. The average Bonchev–Trinajstić information content (AvgIpc) is 3.22. The second-order valence-corrected chi connectivity index (χ2v) is 9.18. The van der Waals surface area contributed by atoms with E-state index in [2.05, 4.69) is 41.2 Å². The molecule has 2 aromatic heterocycles. The Hall–Kier alpha value is -2.60. The molecule has 2 bridgehead atoms. The molecule has 6 nitrogen and oxygen atoms in total. The van der Waals surface area contributed by atoms with Crippen LogP contribution in [0.2, 0.25) is 0 Å². The van der Waals surface area contributed by atoms with Crippen molar-refractivity contribution in [3.63, 3.8) is 0 Å².